The first-order valence-corrected chi connectivity index (χ1v) is 10.6. The Hall–Kier alpha value is -3.19. The van der Waals surface area contributed by atoms with E-state index in [2.05, 4.69) is 34.7 Å². The highest BCUT2D eigenvalue weighted by atomic mass is 32.1. The Balaban J connectivity index is 1.66. The lowest BCUT2D eigenvalue weighted by Gasteiger charge is -2.19. The van der Waals surface area contributed by atoms with Gasteiger partial charge in [-0.1, -0.05) is 37.3 Å². The number of amides is 2. The molecule has 0 unspecified atom stereocenters. The van der Waals surface area contributed by atoms with Gasteiger partial charge in [-0.25, -0.2) is 9.78 Å². The Morgan fingerprint density at radius 1 is 1.07 bits per heavy atom. The molecule has 0 aliphatic heterocycles. The zero-order chi connectivity index (χ0) is 21.7. The number of benzene rings is 2. The largest absolute Gasteiger partial charge is 0.444 e. The van der Waals surface area contributed by atoms with E-state index in [1.54, 1.807) is 45.0 Å². The molecule has 156 valence electrons. The lowest BCUT2D eigenvalue weighted by atomic mass is 10.1. The highest BCUT2D eigenvalue weighted by molar-refractivity contribution is 7.14. The minimum atomic E-state index is -0.599. The lowest BCUT2D eigenvalue weighted by Crippen LogP contribution is -2.27. The smallest absolute Gasteiger partial charge is 0.412 e. The second-order valence-corrected chi connectivity index (χ2v) is 8.61. The molecular weight excluding hydrogens is 398 g/mol. The number of aromatic nitrogens is 1. The molecule has 0 aliphatic carbocycles. The molecule has 0 radical (unpaired) electrons. The summed E-state index contributed by atoms with van der Waals surface area (Å²) in [6.45, 7) is 7.48. The van der Waals surface area contributed by atoms with Gasteiger partial charge in [-0.2, -0.15) is 0 Å². The van der Waals surface area contributed by atoms with Crippen LogP contribution in [0.4, 0.5) is 15.6 Å². The van der Waals surface area contributed by atoms with E-state index in [9.17, 15) is 9.59 Å². The first-order valence-electron chi connectivity index (χ1n) is 9.70. The van der Waals surface area contributed by atoms with Crippen LogP contribution in [0.2, 0.25) is 0 Å². The number of carbonyl (C=O) groups is 2. The maximum Gasteiger partial charge on any atom is 0.412 e. The summed E-state index contributed by atoms with van der Waals surface area (Å²) in [4.78, 5) is 29.1. The molecule has 0 saturated heterocycles. The zero-order valence-corrected chi connectivity index (χ0v) is 18.3. The van der Waals surface area contributed by atoms with Crippen molar-refractivity contribution in [3.63, 3.8) is 0 Å². The third-order valence-electron chi connectivity index (χ3n) is 4.15. The Kier molecular flexibility index (Phi) is 6.52. The topological polar surface area (TPSA) is 80.3 Å². The fourth-order valence-corrected chi connectivity index (χ4v) is 3.42. The van der Waals surface area contributed by atoms with Crippen LogP contribution in [0.1, 0.15) is 43.6 Å². The third kappa shape index (κ3) is 5.90. The molecule has 0 spiro atoms. The Morgan fingerprint density at radius 3 is 2.47 bits per heavy atom. The molecule has 1 aromatic heterocycles. The van der Waals surface area contributed by atoms with Crippen molar-refractivity contribution < 1.29 is 14.3 Å². The van der Waals surface area contributed by atoms with Gasteiger partial charge in [-0.15, -0.1) is 11.3 Å². The first kappa shape index (κ1) is 21.5. The van der Waals surface area contributed by atoms with Crippen molar-refractivity contribution >= 4 is 34.2 Å². The summed E-state index contributed by atoms with van der Waals surface area (Å²) in [5.74, 6) is -0.301. The van der Waals surface area contributed by atoms with Crippen molar-refractivity contribution in [2.75, 3.05) is 10.6 Å². The minimum absolute atomic E-state index is 0.301. The zero-order valence-electron chi connectivity index (χ0n) is 17.5. The van der Waals surface area contributed by atoms with Crippen molar-refractivity contribution in [1.82, 2.24) is 4.98 Å². The summed E-state index contributed by atoms with van der Waals surface area (Å²) in [5, 5.41) is 7.88. The van der Waals surface area contributed by atoms with Gasteiger partial charge >= 0.3 is 6.09 Å². The van der Waals surface area contributed by atoms with E-state index in [1.807, 2.05) is 17.5 Å². The predicted octanol–water partition coefficient (Wildman–Crippen LogP) is 5.97. The predicted molar refractivity (Wildman–Crippen MR) is 121 cm³/mol. The molecule has 0 saturated carbocycles. The fraction of sp³-hybridized carbons (Fsp3) is 0.261. The summed E-state index contributed by atoms with van der Waals surface area (Å²) in [6.07, 6.45) is 0.416. The maximum absolute atomic E-state index is 12.6. The van der Waals surface area contributed by atoms with Crippen LogP contribution in [0.15, 0.2) is 53.9 Å². The van der Waals surface area contributed by atoms with Crippen molar-refractivity contribution in [1.29, 1.82) is 0 Å². The van der Waals surface area contributed by atoms with E-state index in [-0.39, 0.29) is 5.91 Å². The van der Waals surface area contributed by atoms with Gasteiger partial charge in [0, 0.05) is 22.2 Å². The number of ether oxygens (including phenoxy) is 1. The van der Waals surface area contributed by atoms with Crippen molar-refractivity contribution in [2.24, 2.45) is 0 Å². The molecule has 2 aromatic carbocycles. The monoisotopic (exact) mass is 423 g/mol. The Morgan fingerprint density at radius 2 is 1.80 bits per heavy atom. The van der Waals surface area contributed by atoms with Gasteiger partial charge < -0.3 is 4.74 Å². The van der Waals surface area contributed by atoms with Crippen molar-refractivity contribution in [3.8, 4) is 11.3 Å². The summed E-state index contributed by atoms with van der Waals surface area (Å²) < 4.78 is 5.24. The number of hydrogen-bond donors (Lipinski definition) is 2. The maximum atomic E-state index is 12.6. The number of nitrogens with zero attached hydrogens (tertiary/aromatic N) is 1. The van der Waals surface area contributed by atoms with E-state index < -0.39 is 11.7 Å². The highest BCUT2D eigenvalue weighted by Crippen LogP contribution is 2.26. The Bertz CT molecular complexity index is 1040. The SMILES string of the molecule is CCc1ccc(-c2csc(NC(=O)c3cccc(NC(=O)OC(C)(C)C)c3)n2)cc1. The molecule has 0 fully saturated rings. The molecule has 3 rings (SSSR count). The summed E-state index contributed by atoms with van der Waals surface area (Å²) in [7, 11) is 0. The van der Waals surface area contributed by atoms with Crippen LogP contribution in [-0.4, -0.2) is 22.6 Å². The quantitative estimate of drug-likeness (QED) is 0.530. The molecule has 30 heavy (non-hydrogen) atoms. The second kappa shape index (κ2) is 9.09. The average molecular weight is 424 g/mol. The molecular formula is C23H25N3O3S. The van der Waals surface area contributed by atoms with Crippen molar-refractivity contribution in [2.45, 2.75) is 39.7 Å². The molecule has 1 heterocycles. The molecule has 6 nitrogen and oxygen atoms in total. The normalized spacial score (nSPS) is 11.1. The summed E-state index contributed by atoms with van der Waals surface area (Å²) in [6, 6.07) is 14.9. The first-order chi connectivity index (χ1) is 14.2. The van der Waals surface area contributed by atoms with Gasteiger partial charge in [-0.05, 0) is 51.0 Å². The van der Waals surface area contributed by atoms with Crippen LogP contribution in [0, 0.1) is 0 Å². The van der Waals surface area contributed by atoms with E-state index >= 15 is 0 Å². The van der Waals surface area contributed by atoms with Gasteiger partial charge in [-0.3, -0.25) is 15.4 Å². The van der Waals surface area contributed by atoms with Gasteiger partial charge in [0.25, 0.3) is 5.91 Å². The number of rotatable bonds is 5. The van der Waals surface area contributed by atoms with Crippen LogP contribution in [0.3, 0.4) is 0 Å². The minimum Gasteiger partial charge on any atom is -0.444 e. The fourth-order valence-electron chi connectivity index (χ4n) is 2.70. The van der Waals surface area contributed by atoms with Crippen LogP contribution in [-0.2, 0) is 11.2 Å². The summed E-state index contributed by atoms with van der Waals surface area (Å²) >= 11 is 1.37. The van der Waals surface area contributed by atoms with E-state index in [4.69, 9.17) is 4.74 Å². The van der Waals surface area contributed by atoms with Crippen molar-refractivity contribution in [3.05, 3.63) is 65.0 Å². The van der Waals surface area contributed by atoms with E-state index in [1.165, 1.54) is 16.9 Å². The molecule has 2 N–H and O–H groups in total. The van der Waals surface area contributed by atoms with Crippen LogP contribution in [0.25, 0.3) is 11.3 Å². The second-order valence-electron chi connectivity index (χ2n) is 7.75. The third-order valence-corrected chi connectivity index (χ3v) is 4.91. The van der Waals surface area contributed by atoms with E-state index in [0.717, 1.165) is 17.7 Å². The number of hydrogen-bond acceptors (Lipinski definition) is 5. The van der Waals surface area contributed by atoms with E-state index in [0.29, 0.717) is 16.4 Å². The van der Waals surface area contributed by atoms with Crippen LogP contribution < -0.4 is 10.6 Å². The molecule has 2 amide bonds. The molecule has 0 aliphatic rings. The molecule has 3 aromatic rings. The number of aryl methyl sites for hydroxylation is 1. The number of carbonyl (C=O) groups excluding carboxylic acids is 2. The van der Waals surface area contributed by atoms with Gasteiger partial charge in [0.05, 0.1) is 5.69 Å². The lowest BCUT2D eigenvalue weighted by molar-refractivity contribution is 0.0635. The number of thiazole rings is 1. The standard InChI is InChI=1S/C23H25N3O3S/c1-5-15-9-11-16(12-10-15)19-14-30-21(25-19)26-20(27)17-7-6-8-18(13-17)24-22(28)29-23(2,3)4/h6-14H,5H2,1-4H3,(H,24,28)(H,25,26,27). The molecule has 0 bridgehead atoms. The summed E-state index contributed by atoms with van der Waals surface area (Å²) in [5.41, 5.74) is 3.38. The van der Waals surface area contributed by atoms with Gasteiger partial charge in [0.1, 0.15) is 5.60 Å². The van der Waals surface area contributed by atoms with Crippen LogP contribution in [0.5, 0.6) is 0 Å². The Labute approximate surface area is 180 Å². The number of anilines is 2. The molecule has 7 heteroatoms. The van der Waals surface area contributed by atoms with Gasteiger partial charge in [0.15, 0.2) is 5.13 Å². The molecule has 0 atom stereocenters. The average Bonchev–Trinajstić information content (AvgIpc) is 3.15. The van der Waals surface area contributed by atoms with Crippen LogP contribution >= 0.6 is 11.3 Å². The highest BCUT2D eigenvalue weighted by Gasteiger charge is 2.17. The number of nitrogens with one attached hydrogen (secondary N) is 2. The van der Waals surface area contributed by atoms with Gasteiger partial charge in [0.2, 0.25) is 0 Å².